The minimum atomic E-state index is -1.77. The second-order valence-corrected chi connectivity index (χ2v) is 8.29. The van der Waals surface area contributed by atoms with Crippen molar-refractivity contribution in [2.24, 2.45) is 0 Å². The third-order valence-corrected chi connectivity index (χ3v) is 5.95. The summed E-state index contributed by atoms with van der Waals surface area (Å²) in [6.45, 7) is 0.894. The number of carbonyl (C=O) groups excluding carboxylic acids is 2. The Morgan fingerprint density at radius 2 is 1.97 bits per heavy atom. The zero-order chi connectivity index (χ0) is 23.4. The van der Waals surface area contributed by atoms with Crippen molar-refractivity contribution in [1.29, 1.82) is 0 Å². The van der Waals surface area contributed by atoms with Crippen LogP contribution >= 0.6 is 23.1 Å². The van der Waals surface area contributed by atoms with E-state index in [9.17, 15) is 32.9 Å². The first-order chi connectivity index (χ1) is 15.2. The quantitative estimate of drug-likeness (QED) is 0.224. The standard InChI is InChI=1S/C19H12F3N3O5S2/c1-9-8-31-19(23-9)32-14-5-2-10(6-13(14)25(28)29)18(27)30-7-15(26)24-12-4-3-11(20)16(21)17(12)22/h2-6,8H,7H2,1H3,(H,24,26). The molecule has 0 unspecified atom stereocenters. The Balaban J connectivity index is 1.67. The molecule has 2 aromatic carbocycles. The van der Waals surface area contributed by atoms with Crippen molar-refractivity contribution in [2.45, 2.75) is 16.2 Å². The molecule has 166 valence electrons. The van der Waals surface area contributed by atoms with Gasteiger partial charge in [0.1, 0.15) is 0 Å². The number of nitrogens with zero attached hydrogens (tertiary/aromatic N) is 2. The third kappa shape index (κ3) is 5.42. The second kappa shape index (κ2) is 9.78. The van der Waals surface area contributed by atoms with Gasteiger partial charge in [-0.1, -0.05) is 11.8 Å². The fourth-order valence-electron chi connectivity index (χ4n) is 2.37. The number of ether oxygens (including phenoxy) is 1. The van der Waals surface area contributed by atoms with E-state index in [1.54, 1.807) is 12.3 Å². The highest BCUT2D eigenvalue weighted by molar-refractivity contribution is 8.01. The number of nitro benzene ring substituents is 1. The van der Waals surface area contributed by atoms with E-state index in [4.69, 9.17) is 4.74 Å². The summed E-state index contributed by atoms with van der Waals surface area (Å²) >= 11 is 2.38. The van der Waals surface area contributed by atoms with E-state index in [2.05, 4.69) is 4.98 Å². The fraction of sp³-hybridized carbons (Fsp3) is 0.105. The number of halogens is 3. The Kier molecular flexibility index (Phi) is 7.10. The van der Waals surface area contributed by atoms with Crippen LogP contribution in [-0.2, 0) is 9.53 Å². The molecule has 1 N–H and O–H groups in total. The Labute approximate surface area is 186 Å². The number of amides is 1. The van der Waals surface area contributed by atoms with E-state index >= 15 is 0 Å². The molecular weight excluding hydrogens is 471 g/mol. The highest BCUT2D eigenvalue weighted by atomic mass is 32.2. The van der Waals surface area contributed by atoms with Gasteiger partial charge in [0.25, 0.3) is 11.6 Å². The van der Waals surface area contributed by atoms with E-state index < -0.39 is 46.5 Å². The van der Waals surface area contributed by atoms with E-state index in [0.29, 0.717) is 10.4 Å². The van der Waals surface area contributed by atoms with Crippen LogP contribution < -0.4 is 5.32 Å². The molecule has 3 rings (SSSR count). The summed E-state index contributed by atoms with van der Waals surface area (Å²) in [7, 11) is 0. The maximum Gasteiger partial charge on any atom is 0.338 e. The number of hydrogen-bond acceptors (Lipinski definition) is 8. The van der Waals surface area contributed by atoms with Gasteiger partial charge in [0.05, 0.1) is 21.1 Å². The maximum absolute atomic E-state index is 13.6. The Hall–Kier alpha value is -3.45. The zero-order valence-corrected chi connectivity index (χ0v) is 17.7. The molecule has 0 aliphatic carbocycles. The van der Waals surface area contributed by atoms with Gasteiger partial charge in [0.15, 0.2) is 28.4 Å². The SMILES string of the molecule is Cc1csc(Sc2ccc(C(=O)OCC(=O)Nc3ccc(F)c(F)c3F)cc2[N+](=O)[O-])n1. The zero-order valence-electron chi connectivity index (χ0n) is 16.1. The van der Waals surface area contributed by atoms with Crippen molar-refractivity contribution < 1.29 is 32.4 Å². The van der Waals surface area contributed by atoms with Gasteiger partial charge in [-0.25, -0.2) is 22.9 Å². The van der Waals surface area contributed by atoms with Crippen LogP contribution in [0.4, 0.5) is 24.5 Å². The molecule has 0 spiro atoms. The van der Waals surface area contributed by atoms with Crippen LogP contribution in [0, 0.1) is 34.5 Å². The summed E-state index contributed by atoms with van der Waals surface area (Å²) in [5, 5.41) is 15.1. The van der Waals surface area contributed by atoms with E-state index in [1.165, 1.54) is 23.5 Å². The van der Waals surface area contributed by atoms with Crippen molar-refractivity contribution in [3.8, 4) is 0 Å². The van der Waals surface area contributed by atoms with Gasteiger partial charge in [-0.05, 0) is 31.2 Å². The number of nitrogens with one attached hydrogen (secondary N) is 1. The van der Waals surface area contributed by atoms with Gasteiger partial charge in [-0.3, -0.25) is 14.9 Å². The molecule has 0 saturated carbocycles. The van der Waals surface area contributed by atoms with Crippen molar-refractivity contribution in [3.05, 3.63) is 74.5 Å². The number of hydrogen-bond donors (Lipinski definition) is 1. The lowest BCUT2D eigenvalue weighted by Gasteiger charge is -2.08. The molecule has 0 saturated heterocycles. The summed E-state index contributed by atoms with van der Waals surface area (Å²) in [4.78, 5) is 39.2. The highest BCUT2D eigenvalue weighted by Crippen LogP contribution is 2.36. The van der Waals surface area contributed by atoms with Gasteiger partial charge in [-0.2, -0.15) is 0 Å². The van der Waals surface area contributed by atoms with Crippen LogP contribution in [0.15, 0.2) is 44.9 Å². The van der Waals surface area contributed by atoms with E-state index in [-0.39, 0.29) is 16.1 Å². The largest absolute Gasteiger partial charge is 0.452 e. The normalized spacial score (nSPS) is 10.6. The summed E-state index contributed by atoms with van der Waals surface area (Å²) < 4.78 is 45.1. The molecular formula is C19H12F3N3O5S2. The summed E-state index contributed by atoms with van der Waals surface area (Å²) in [5.41, 5.74) is -0.421. The smallest absolute Gasteiger partial charge is 0.338 e. The van der Waals surface area contributed by atoms with Crippen LogP contribution in [0.1, 0.15) is 16.1 Å². The maximum atomic E-state index is 13.6. The van der Waals surface area contributed by atoms with Gasteiger partial charge >= 0.3 is 5.97 Å². The number of carbonyl (C=O) groups is 2. The molecule has 0 aliphatic rings. The minimum absolute atomic E-state index is 0.192. The van der Waals surface area contributed by atoms with E-state index in [0.717, 1.165) is 29.6 Å². The molecule has 0 radical (unpaired) electrons. The predicted octanol–water partition coefficient (Wildman–Crippen LogP) is 4.72. The number of esters is 1. The van der Waals surface area contributed by atoms with Gasteiger partial charge in [-0.15, -0.1) is 11.3 Å². The fourth-order valence-corrected chi connectivity index (χ4v) is 4.25. The molecule has 1 aromatic heterocycles. The second-order valence-electron chi connectivity index (χ2n) is 6.14. The number of anilines is 1. The topological polar surface area (TPSA) is 111 Å². The first-order valence-corrected chi connectivity index (χ1v) is 10.3. The average molecular weight is 483 g/mol. The predicted molar refractivity (Wildman–Crippen MR) is 109 cm³/mol. The molecule has 32 heavy (non-hydrogen) atoms. The number of rotatable bonds is 7. The first kappa shape index (κ1) is 23.2. The molecule has 0 bridgehead atoms. The lowest BCUT2D eigenvalue weighted by molar-refractivity contribution is -0.387. The number of nitro groups is 1. The van der Waals surface area contributed by atoms with Gasteiger partial charge < -0.3 is 10.1 Å². The lowest BCUT2D eigenvalue weighted by atomic mass is 10.2. The lowest BCUT2D eigenvalue weighted by Crippen LogP contribution is -2.21. The molecule has 0 fully saturated rings. The number of aryl methyl sites for hydroxylation is 1. The van der Waals surface area contributed by atoms with Gasteiger partial charge in [0, 0.05) is 17.1 Å². The molecule has 8 nitrogen and oxygen atoms in total. The monoisotopic (exact) mass is 483 g/mol. The van der Waals surface area contributed by atoms with Crippen LogP contribution in [0.3, 0.4) is 0 Å². The molecule has 1 amide bonds. The number of benzene rings is 2. The molecule has 3 aromatic rings. The third-order valence-electron chi connectivity index (χ3n) is 3.83. The van der Waals surface area contributed by atoms with Gasteiger partial charge in [0.2, 0.25) is 0 Å². The molecule has 0 atom stereocenters. The van der Waals surface area contributed by atoms with Crippen LogP contribution in [0.2, 0.25) is 0 Å². The van der Waals surface area contributed by atoms with Crippen molar-refractivity contribution >= 4 is 46.3 Å². The summed E-state index contributed by atoms with van der Waals surface area (Å²) in [6, 6.07) is 5.05. The van der Waals surface area contributed by atoms with Crippen LogP contribution in [-0.4, -0.2) is 28.4 Å². The number of aromatic nitrogens is 1. The number of thiazole rings is 1. The molecule has 0 aliphatic heterocycles. The molecule has 1 heterocycles. The highest BCUT2D eigenvalue weighted by Gasteiger charge is 2.21. The molecule has 13 heteroatoms. The van der Waals surface area contributed by atoms with Crippen LogP contribution in [0.25, 0.3) is 0 Å². The Bertz CT molecular complexity index is 1220. The van der Waals surface area contributed by atoms with Crippen molar-refractivity contribution in [3.63, 3.8) is 0 Å². The minimum Gasteiger partial charge on any atom is -0.452 e. The van der Waals surface area contributed by atoms with Crippen molar-refractivity contribution in [1.82, 2.24) is 4.98 Å². The first-order valence-electron chi connectivity index (χ1n) is 8.64. The average Bonchev–Trinajstić information content (AvgIpc) is 3.17. The summed E-state index contributed by atoms with van der Waals surface area (Å²) in [6.07, 6.45) is 0. The van der Waals surface area contributed by atoms with E-state index in [1.807, 2.05) is 5.32 Å². The van der Waals surface area contributed by atoms with Crippen molar-refractivity contribution in [2.75, 3.05) is 11.9 Å². The Morgan fingerprint density at radius 3 is 2.62 bits per heavy atom. The Morgan fingerprint density at radius 1 is 1.22 bits per heavy atom. The van der Waals surface area contributed by atoms with Crippen LogP contribution in [0.5, 0.6) is 0 Å². The summed E-state index contributed by atoms with van der Waals surface area (Å²) in [5.74, 6) is -6.87.